The van der Waals surface area contributed by atoms with Gasteiger partial charge in [0.05, 0.1) is 24.6 Å². The summed E-state index contributed by atoms with van der Waals surface area (Å²) in [6.45, 7) is 3.66. The summed E-state index contributed by atoms with van der Waals surface area (Å²) in [5.41, 5.74) is 2.21. The second kappa shape index (κ2) is 8.83. The second-order valence-electron chi connectivity index (χ2n) is 10.3. The average Bonchev–Trinajstić information content (AvgIpc) is 3.66. The zero-order valence-electron chi connectivity index (χ0n) is 20.3. The number of fused-ring (bicyclic) bond motifs is 2. The number of nitrogens with zero attached hydrogens (tertiary/aromatic N) is 2. The van der Waals surface area contributed by atoms with Crippen LogP contribution in [0.25, 0.3) is 10.9 Å². The summed E-state index contributed by atoms with van der Waals surface area (Å²) >= 11 is 0. The summed E-state index contributed by atoms with van der Waals surface area (Å²) in [4.78, 5) is 28.1. The number of methoxy groups -OCH3 is 1. The number of ether oxygens (including phenoxy) is 2. The van der Waals surface area contributed by atoms with E-state index in [2.05, 4.69) is 9.47 Å². The molecule has 0 amide bonds. The highest BCUT2D eigenvalue weighted by atomic mass is 16.5. The van der Waals surface area contributed by atoms with Crippen LogP contribution in [0.1, 0.15) is 59.2 Å². The quantitative estimate of drug-likeness (QED) is 0.446. The number of hydrogen-bond acceptors (Lipinski definition) is 5. The molecule has 0 N–H and O–H groups in total. The maximum absolute atomic E-state index is 12.9. The van der Waals surface area contributed by atoms with Crippen LogP contribution in [-0.4, -0.2) is 53.4 Å². The van der Waals surface area contributed by atoms with Gasteiger partial charge in [-0.25, -0.2) is 0 Å². The van der Waals surface area contributed by atoms with Crippen molar-refractivity contribution in [3.05, 3.63) is 59.8 Å². The van der Waals surface area contributed by atoms with Crippen molar-refractivity contribution in [3.8, 4) is 11.5 Å². The van der Waals surface area contributed by atoms with Gasteiger partial charge in [-0.1, -0.05) is 24.3 Å². The molecule has 1 saturated heterocycles. The molecule has 1 saturated carbocycles. The summed E-state index contributed by atoms with van der Waals surface area (Å²) in [5, 5.41) is 1.00. The van der Waals surface area contributed by atoms with Gasteiger partial charge >= 0.3 is 0 Å². The van der Waals surface area contributed by atoms with E-state index in [-0.39, 0.29) is 23.1 Å². The van der Waals surface area contributed by atoms with Crippen LogP contribution in [0, 0.1) is 5.92 Å². The first-order valence-corrected chi connectivity index (χ1v) is 12.8. The molecule has 3 aliphatic rings. The van der Waals surface area contributed by atoms with Crippen molar-refractivity contribution in [3.63, 3.8) is 0 Å². The number of aryl methyl sites for hydroxylation is 1. The van der Waals surface area contributed by atoms with E-state index < -0.39 is 0 Å². The first kappa shape index (κ1) is 22.4. The lowest BCUT2D eigenvalue weighted by atomic mass is 9.82. The molecule has 3 aromatic rings. The number of Topliss-reactive ketones (excluding diaryl/α,β-unsaturated/α-hetero) is 2. The van der Waals surface area contributed by atoms with Gasteiger partial charge in [0, 0.05) is 55.5 Å². The maximum atomic E-state index is 12.9. The average molecular weight is 473 g/mol. The normalized spacial score (nSPS) is 19.5. The number of rotatable bonds is 7. The summed E-state index contributed by atoms with van der Waals surface area (Å²) < 4.78 is 14.2. The van der Waals surface area contributed by atoms with Crippen LogP contribution in [0.2, 0.25) is 0 Å². The summed E-state index contributed by atoms with van der Waals surface area (Å²) in [7, 11) is 1.69. The third-order valence-electron chi connectivity index (χ3n) is 7.93. The number of carbonyl (C=O) groups excluding carboxylic acids is 2. The smallest absolute Gasteiger partial charge is 0.170 e. The van der Waals surface area contributed by atoms with Crippen molar-refractivity contribution in [1.82, 2.24) is 9.47 Å². The van der Waals surface area contributed by atoms with Gasteiger partial charge in [0.2, 0.25) is 0 Å². The number of para-hydroxylation sites is 2. The predicted molar refractivity (Wildman–Crippen MR) is 135 cm³/mol. The van der Waals surface area contributed by atoms with E-state index in [0.29, 0.717) is 6.42 Å². The van der Waals surface area contributed by atoms with Gasteiger partial charge in [-0.15, -0.1) is 0 Å². The molecule has 1 aliphatic carbocycles. The van der Waals surface area contributed by atoms with Crippen molar-refractivity contribution in [2.75, 3.05) is 26.7 Å². The van der Waals surface area contributed by atoms with E-state index in [1.807, 2.05) is 48.7 Å². The molecule has 0 atom stereocenters. The van der Waals surface area contributed by atoms with E-state index >= 15 is 0 Å². The molecule has 0 unspecified atom stereocenters. The van der Waals surface area contributed by atoms with Crippen molar-refractivity contribution in [2.45, 2.75) is 50.7 Å². The summed E-state index contributed by atoms with van der Waals surface area (Å²) in [6, 6.07) is 13.6. The van der Waals surface area contributed by atoms with E-state index in [9.17, 15) is 9.59 Å². The standard InChI is InChI=1S/C29H32N2O4/c1-34-26-9-4-7-21-23(28(33)20-10-11-20)19-31(27(21)26)15-5-14-30-16-12-29(13-17-30)18-24(32)22-6-2-3-8-25(22)35-29/h2-4,6-9,19-20H,5,10-18H2,1H3. The van der Waals surface area contributed by atoms with E-state index in [4.69, 9.17) is 9.47 Å². The molecular weight excluding hydrogens is 440 g/mol. The molecule has 6 rings (SSSR count). The molecule has 0 radical (unpaired) electrons. The Hall–Kier alpha value is -3.12. The fourth-order valence-electron chi connectivity index (χ4n) is 5.80. The number of carbonyl (C=O) groups is 2. The zero-order chi connectivity index (χ0) is 24.0. The molecule has 6 nitrogen and oxygen atoms in total. The van der Waals surface area contributed by atoms with Gasteiger partial charge in [-0.2, -0.15) is 0 Å². The number of benzene rings is 2. The second-order valence-corrected chi connectivity index (χ2v) is 10.3. The summed E-state index contributed by atoms with van der Waals surface area (Å²) in [6.07, 6.45) is 7.25. The molecule has 2 fully saturated rings. The van der Waals surface area contributed by atoms with Crippen LogP contribution < -0.4 is 9.47 Å². The van der Waals surface area contributed by atoms with Crippen LogP contribution in [0.5, 0.6) is 11.5 Å². The molecule has 6 heteroatoms. The summed E-state index contributed by atoms with van der Waals surface area (Å²) in [5.74, 6) is 2.22. The zero-order valence-corrected chi connectivity index (χ0v) is 20.3. The van der Waals surface area contributed by atoms with Crippen molar-refractivity contribution in [1.29, 1.82) is 0 Å². The SMILES string of the molecule is COc1cccc2c(C(=O)C3CC3)cn(CCCN3CCC4(CC3)CC(=O)c3ccccc3O4)c12. The molecule has 3 heterocycles. The van der Waals surface area contributed by atoms with Gasteiger partial charge < -0.3 is 18.9 Å². The molecule has 182 valence electrons. The Kier molecular flexibility index (Phi) is 5.64. The fraction of sp³-hybridized carbons (Fsp3) is 0.448. The van der Waals surface area contributed by atoms with E-state index in [1.165, 1.54) is 0 Å². The Labute approximate surface area is 205 Å². The van der Waals surface area contributed by atoms with E-state index in [0.717, 1.165) is 91.8 Å². The van der Waals surface area contributed by atoms with E-state index in [1.54, 1.807) is 7.11 Å². The van der Waals surface area contributed by atoms with Gasteiger partial charge in [0.1, 0.15) is 17.1 Å². The van der Waals surface area contributed by atoms with Gasteiger partial charge in [-0.05, 0) is 44.0 Å². The minimum absolute atomic E-state index is 0.196. The Morgan fingerprint density at radius 1 is 1.09 bits per heavy atom. The molecule has 1 aromatic heterocycles. The highest BCUT2D eigenvalue weighted by Crippen LogP contribution is 2.40. The first-order chi connectivity index (χ1) is 17.1. The van der Waals surface area contributed by atoms with Crippen LogP contribution in [0.3, 0.4) is 0 Å². The fourth-order valence-corrected chi connectivity index (χ4v) is 5.80. The van der Waals surface area contributed by atoms with Crippen LogP contribution >= 0.6 is 0 Å². The largest absolute Gasteiger partial charge is 0.495 e. The van der Waals surface area contributed by atoms with Crippen molar-refractivity contribution >= 4 is 22.5 Å². The Morgan fingerprint density at radius 3 is 2.66 bits per heavy atom. The topological polar surface area (TPSA) is 60.8 Å². The van der Waals surface area contributed by atoms with Crippen molar-refractivity contribution in [2.24, 2.45) is 5.92 Å². The highest BCUT2D eigenvalue weighted by molar-refractivity contribution is 6.11. The van der Waals surface area contributed by atoms with Crippen LogP contribution in [-0.2, 0) is 6.54 Å². The number of piperidine rings is 1. The van der Waals surface area contributed by atoms with Crippen LogP contribution in [0.15, 0.2) is 48.7 Å². The molecule has 0 bridgehead atoms. The lowest BCUT2D eigenvalue weighted by molar-refractivity contribution is -0.00926. The Morgan fingerprint density at radius 2 is 1.89 bits per heavy atom. The molecule has 2 aromatic carbocycles. The monoisotopic (exact) mass is 472 g/mol. The minimum Gasteiger partial charge on any atom is -0.495 e. The maximum Gasteiger partial charge on any atom is 0.170 e. The third-order valence-corrected chi connectivity index (χ3v) is 7.93. The number of hydrogen-bond donors (Lipinski definition) is 0. The van der Waals surface area contributed by atoms with Crippen molar-refractivity contribution < 1.29 is 19.1 Å². The lowest BCUT2D eigenvalue weighted by Crippen LogP contribution is -2.51. The van der Waals surface area contributed by atoms with Crippen LogP contribution in [0.4, 0.5) is 0 Å². The lowest BCUT2D eigenvalue weighted by Gasteiger charge is -2.44. The van der Waals surface area contributed by atoms with Gasteiger partial charge in [0.15, 0.2) is 11.6 Å². The number of likely N-dealkylation sites (tertiary alicyclic amines) is 1. The highest BCUT2D eigenvalue weighted by Gasteiger charge is 2.42. The number of ketones is 2. The van der Waals surface area contributed by atoms with Gasteiger partial charge in [0.25, 0.3) is 0 Å². The Balaban J connectivity index is 1.11. The molecular formula is C29H32N2O4. The molecule has 1 spiro atoms. The Bertz CT molecular complexity index is 1280. The van der Waals surface area contributed by atoms with Gasteiger partial charge in [-0.3, -0.25) is 9.59 Å². The third kappa shape index (κ3) is 4.14. The molecule has 35 heavy (non-hydrogen) atoms. The number of aromatic nitrogens is 1. The first-order valence-electron chi connectivity index (χ1n) is 12.8. The predicted octanol–water partition coefficient (Wildman–Crippen LogP) is 5.13. The minimum atomic E-state index is -0.357. The molecule has 2 aliphatic heterocycles.